The summed E-state index contributed by atoms with van der Waals surface area (Å²) in [6.45, 7) is 7.30. The van der Waals surface area contributed by atoms with E-state index in [9.17, 15) is 0 Å². The summed E-state index contributed by atoms with van der Waals surface area (Å²) in [5, 5.41) is 10.8. The number of aliphatic imine (C=N–C) groups is 1. The Hall–Kier alpha value is -2.50. The molecule has 2 aromatic rings. The largest absolute Gasteiger partial charge is 0.496 e. The number of aromatic nitrogens is 2. The molecular weight excluding hydrogens is 302 g/mol. The molecule has 24 heavy (non-hydrogen) atoms. The Labute approximate surface area is 143 Å². The van der Waals surface area contributed by atoms with Gasteiger partial charge in [-0.3, -0.25) is 4.68 Å². The topological polar surface area (TPSA) is 63.5 Å². The molecule has 0 aliphatic rings. The van der Waals surface area contributed by atoms with Crippen LogP contribution in [0.15, 0.2) is 41.7 Å². The van der Waals surface area contributed by atoms with Crippen LogP contribution >= 0.6 is 0 Å². The predicted molar refractivity (Wildman–Crippen MR) is 97.4 cm³/mol. The highest BCUT2D eigenvalue weighted by Crippen LogP contribution is 2.19. The van der Waals surface area contributed by atoms with E-state index in [1.165, 1.54) is 0 Å². The normalized spacial score (nSPS) is 11.4. The highest BCUT2D eigenvalue weighted by molar-refractivity contribution is 5.79. The number of benzene rings is 1. The van der Waals surface area contributed by atoms with E-state index in [0.717, 1.165) is 48.9 Å². The minimum Gasteiger partial charge on any atom is -0.496 e. The van der Waals surface area contributed by atoms with Crippen LogP contribution in [0.5, 0.6) is 5.75 Å². The molecular formula is C18H27N5O. The van der Waals surface area contributed by atoms with Crippen molar-refractivity contribution in [3.63, 3.8) is 0 Å². The number of nitrogens with zero attached hydrogens (tertiary/aromatic N) is 3. The van der Waals surface area contributed by atoms with E-state index in [1.807, 2.05) is 29.9 Å². The Morgan fingerprint density at radius 2 is 2.21 bits per heavy atom. The molecule has 0 spiro atoms. The van der Waals surface area contributed by atoms with Crippen molar-refractivity contribution >= 4 is 5.96 Å². The highest BCUT2D eigenvalue weighted by atomic mass is 16.5. The Balaban J connectivity index is 1.85. The van der Waals surface area contributed by atoms with Crippen LogP contribution in [-0.2, 0) is 13.1 Å². The van der Waals surface area contributed by atoms with Gasteiger partial charge in [-0.25, -0.2) is 4.99 Å². The third kappa shape index (κ3) is 5.61. The fraction of sp³-hybridized carbons (Fsp3) is 0.444. The van der Waals surface area contributed by atoms with Crippen LogP contribution in [-0.4, -0.2) is 35.9 Å². The lowest BCUT2D eigenvalue weighted by atomic mass is 10.1. The molecule has 6 heteroatoms. The fourth-order valence-corrected chi connectivity index (χ4v) is 2.36. The molecule has 130 valence electrons. The van der Waals surface area contributed by atoms with Gasteiger partial charge in [0.25, 0.3) is 0 Å². The SMILES string of the molecule is CCNC(=NCc1ccc(C)c(OC)c1)NCCCn1cccn1. The van der Waals surface area contributed by atoms with Crippen LogP contribution in [0.4, 0.5) is 0 Å². The molecule has 0 fully saturated rings. The molecule has 0 bridgehead atoms. The van der Waals surface area contributed by atoms with Crippen molar-refractivity contribution in [2.24, 2.45) is 4.99 Å². The molecule has 6 nitrogen and oxygen atoms in total. The summed E-state index contributed by atoms with van der Waals surface area (Å²) in [6, 6.07) is 8.13. The standard InChI is InChI=1S/C18H27N5O/c1-4-19-18(20-9-5-11-23-12-6-10-22-23)21-14-16-8-7-15(2)17(13-16)24-3/h6-8,10,12-13H,4-5,9,11,14H2,1-3H3,(H2,19,20,21). The number of hydrogen-bond donors (Lipinski definition) is 2. The molecule has 0 radical (unpaired) electrons. The number of guanidine groups is 1. The molecule has 0 aliphatic heterocycles. The fourth-order valence-electron chi connectivity index (χ4n) is 2.36. The zero-order valence-electron chi connectivity index (χ0n) is 14.7. The first kappa shape index (κ1) is 17.8. The Bertz CT molecular complexity index is 637. The second-order valence-corrected chi connectivity index (χ2v) is 5.55. The van der Waals surface area contributed by atoms with Gasteiger partial charge in [-0.05, 0) is 43.5 Å². The number of rotatable bonds is 8. The van der Waals surface area contributed by atoms with Gasteiger partial charge in [-0.15, -0.1) is 0 Å². The number of methoxy groups -OCH3 is 1. The van der Waals surface area contributed by atoms with Crippen LogP contribution in [0.25, 0.3) is 0 Å². The van der Waals surface area contributed by atoms with Crippen molar-refractivity contribution in [2.75, 3.05) is 20.2 Å². The van der Waals surface area contributed by atoms with Gasteiger partial charge in [0, 0.05) is 32.0 Å². The average molecular weight is 329 g/mol. The summed E-state index contributed by atoms with van der Waals surface area (Å²) in [5.41, 5.74) is 2.26. The van der Waals surface area contributed by atoms with Gasteiger partial charge < -0.3 is 15.4 Å². The predicted octanol–water partition coefficient (Wildman–Crippen LogP) is 2.35. The molecule has 1 aromatic carbocycles. The van der Waals surface area contributed by atoms with Crippen LogP contribution < -0.4 is 15.4 Å². The summed E-state index contributed by atoms with van der Waals surface area (Å²) in [7, 11) is 1.70. The van der Waals surface area contributed by atoms with E-state index in [-0.39, 0.29) is 0 Å². The van der Waals surface area contributed by atoms with E-state index in [0.29, 0.717) is 6.54 Å². The van der Waals surface area contributed by atoms with Crippen molar-refractivity contribution in [3.8, 4) is 5.75 Å². The second kappa shape index (κ2) is 9.60. The van der Waals surface area contributed by atoms with Crippen molar-refractivity contribution in [3.05, 3.63) is 47.8 Å². The van der Waals surface area contributed by atoms with Gasteiger partial charge in [0.2, 0.25) is 0 Å². The molecule has 0 unspecified atom stereocenters. The molecule has 1 heterocycles. The van der Waals surface area contributed by atoms with Crippen LogP contribution in [0, 0.1) is 6.92 Å². The summed E-state index contributed by atoms with van der Waals surface area (Å²) in [6.07, 6.45) is 4.77. The van der Waals surface area contributed by atoms with Gasteiger partial charge in [0.15, 0.2) is 5.96 Å². The van der Waals surface area contributed by atoms with Crippen molar-refractivity contribution in [2.45, 2.75) is 33.4 Å². The first-order valence-corrected chi connectivity index (χ1v) is 8.36. The van der Waals surface area contributed by atoms with E-state index >= 15 is 0 Å². The first-order chi connectivity index (χ1) is 11.7. The van der Waals surface area contributed by atoms with E-state index in [2.05, 4.69) is 39.8 Å². The van der Waals surface area contributed by atoms with Gasteiger partial charge >= 0.3 is 0 Å². The maximum atomic E-state index is 5.37. The van der Waals surface area contributed by atoms with Crippen LogP contribution in [0.3, 0.4) is 0 Å². The van der Waals surface area contributed by atoms with E-state index in [4.69, 9.17) is 4.74 Å². The monoisotopic (exact) mass is 329 g/mol. The Kier molecular flexibility index (Phi) is 7.14. The number of aryl methyl sites for hydroxylation is 2. The molecule has 0 amide bonds. The Morgan fingerprint density at radius 3 is 2.92 bits per heavy atom. The summed E-state index contributed by atoms with van der Waals surface area (Å²) < 4.78 is 7.30. The summed E-state index contributed by atoms with van der Waals surface area (Å²) >= 11 is 0. The lowest BCUT2D eigenvalue weighted by Gasteiger charge is -2.12. The molecule has 2 rings (SSSR count). The minimum atomic E-state index is 0.616. The van der Waals surface area contributed by atoms with Gasteiger partial charge in [0.05, 0.1) is 13.7 Å². The number of hydrogen-bond acceptors (Lipinski definition) is 3. The summed E-state index contributed by atoms with van der Waals surface area (Å²) in [5.74, 6) is 1.73. The first-order valence-electron chi connectivity index (χ1n) is 8.36. The molecule has 1 aromatic heterocycles. The minimum absolute atomic E-state index is 0.616. The van der Waals surface area contributed by atoms with Crippen LogP contribution in [0.1, 0.15) is 24.5 Å². The van der Waals surface area contributed by atoms with Crippen LogP contribution in [0.2, 0.25) is 0 Å². The second-order valence-electron chi connectivity index (χ2n) is 5.55. The molecule has 0 atom stereocenters. The number of ether oxygens (including phenoxy) is 1. The van der Waals surface area contributed by atoms with Gasteiger partial charge in [-0.1, -0.05) is 12.1 Å². The Morgan fingerprint density at radius 1 is 1.33 bits per heavy atom. The maximum absolute atomic E-state index is 5.37. The molecule has 0 aliphatic carbocycles. The lowest BCUT2D eigenvalue weighted by Crippen LogP contribution is -2.38. The van der Waals surface area contributed by atoms with Gasteiger partial charge in [0.1, 0.15) is 5.75 Å². The molecule has 2 N–H and O–H groups in total. The van der Waals surface area contributed by atoms with Crippen molar-refractivity contribution in [1.82, 2.24) is 20.4 Å². The third-order valence-corrected chi connectivity index (χ3v) is 3.65. The highest BCUT2D eigenvalue weighted by Gasteiger charge is 2.01. The van der Waals surface area contributed by atoms with E-state index < -0.39 is 0 Å². The summed E-state index contributed by atoms with van der Waals surface area (Å²) in [4.78, 5) is 4.64. The molecule has 0 saturated heterocycles. The van der Waals surface area contributed by atoms with Gasteiger partial charge in [-0.2, -0.15) is 5.10 Å². The third-order valence-electron chi connectivity index (χ3n) is 3.65. The van der Waals surface area contributed by atoms with Crippen molar-refractivity contribution in [1.29, 1.82) is 0 Å². The zero-order chi connectivity index (χ0) is 17.2. The lowest BCUT2D eigenvalue weighted by molar-refractivity contribution is 0.411. The quantitative estimate of drug-likeness (QED) is 0.443. The van der Waals surface area contributed by atoms with E-state index in [1.54, 1.807) is 13.3 Å². The number of nitrogens with one attached hydrogen (secondary N) is 2. The van der Waals surface area contributed by atoms with Crippen molar-refractivity contribution < 1.29 is 4.74 Å². The maximum Gasteiger partial charge on any atom is 0.191 e. The average Bonchev–Trinajstić information content (AvgIpc) is 3.11. The molecule has 0 saturated carbocycles. The zero-order valence-corrected chi connectivity index (χ0v) is 14.7. The smallest absolute Gasteiger partial charge is 0.191 e.